The number of aryl methyl sites for hydroxylation is 3. The largest absolute Gasteiger partial charge is 0.482 e. The molecule has 0 fully saturated rings. The number of rotatable bonds is 6. The van der Waals surface area contributed by atoms with E-state index in [1.165, 1.54) is 0 Å². The van der Waals surface area contributed by atoms with Crippen LogP contribution in [0.5, 0.6) is 5.75 Å². The second-order valence-electron chi connectivity index (χ2n) is 6.50. The minimum atomic E-state index is -0.660. The summed E-state index contributed by atoms with van der Waals surface area (Å²) in [7, 11) is 0. The fourth-order valence-corrected chi connectivity index (χ4v) is 2.59. The lowest BCUT2D eigenvalue weighted by molar-refractivity contribution is -0.152. The van der Waals surface area contributed by atoms with Crippen LogP contribution in [0.3, 0.4) is 0 Å². The highest BCUT2D eigenvalue weighted by Gasteiger charge is 2.19. The maximum Gasteiger partial charge on any atom is 0.344 e. The second kappa shape index (κ2) is 8.03. The molecule has 1 heterocycles. The van der Waals surface area contributed by atoms with Crippen molar-refractivity contribution in [2.24, 2.45) is 0 Å². The monoisotopic (exact) mass is 366 g/mol. The van der Waals surface area contributed by atoms with Crippen LogP contribution in [0.1, 0.15) is 35.6 Å². The normalized spacial score (nSPS) is 11.9. The highest BCUT2D eigenvalue weighted by atomic mass is 16.6. The molecule has 2 aromatic carbocycles. The number of carbonyl (C=O) groups excluding carboxylic acids is 1. The summed E-state index contributed by atoms with van der Waals surface area (Å²) in [5, 5.41) is 7.99. The molecule has 0 aliphatic carbocycles. The number of hydrogen-bond donors (Lipinski definition) is 0. The third-order valence-electron chi connectivity index (χ3n) is 4.07. The highest BCUT2D eigenvalue weighted by Crippen LogP contribution is 2.23. The molecule has 0 aliphatic rings. The van der Waals surface area contributed by atoms with Crippen molar-refractivity contribution >= 4 is 5.97 Å². The molecule has 27 heavy (non-hydrogen) atoms. The van der Waals surface area contributed by atoms with Crippen LogP contribution < -0.4 is 4.74 Å². The number of carbonyl (C=O) groups is 1. The van der Waals surface area contributed by atoms with Gasteiger partial charge in [-0.05, 0) is 51.5 Å². The Hall–Kier alpha value is -3.15. The fraction of sp³-hybridized carbons (Fsp3) is 0.286. The molecule has 6 heteroatoms. The first kappa shape index (κ1) is 18.6. The third-order valence-corrected chi connectivity index (χ3v) is 4.07. The van der Waals surface area contributed by atoms with E-state index in [9.17, 15) is 4.79 Å². The van der Waals surface area contributed by atoms with Crippen LogP contribution in [-0.4, -0.2) is 22.8 Å². The van der Waals surface area contributed by atoms with E-state index in [4.69, 9.17) is 13.9 Å². The molecule has 3 aromatic rings. The first-order chi connectivity index (χ1) is 12.9. The van der Waals surface area contributed by atoms with E-state index in [1.807, 2.05) is 63.2 Å². The topological polar surface area (TPSA) is 74.5 Å². The van der Waals surface area contributed by atoms with Crippen LogP contribution in [-0.2, 0) is 9.53 Å². The Balaban J connectivity index is 1.57. The van der Waals surface area contributed by atoms with Crippen LogP contribution in [0.2, 0.25) is 0 Å². The predicted molar refractivity (Wildman–Crippen MR) is 100 cm³/mol. The summed E-state index contributed by atoms with van der Waals surface area (Å²) >= 11 is 0. The fourth-order valence-electron chi connectivity index (χ4n) is 2.59. The van der Waals surface area contributed by atoms with Crippen molar-refractivity contribution in [2.75, 3.05) is 6.61 Å². The van der Waals surface area contributed by atoms with Crippen LogP contribution in [0.25, 0.3) is 11.5 Å². The Bertz CT molecular complexity index is 932. The van der Waals surface area contributed by atoms with E-state index in [1.54, 1.807) is 6.92 Å². The molecule has 0 aliphatic heterocycles. The number of esters is 1. The molecular formula is C21H22N2O4. The first-order valence-corrected chi connectivity index (χ1v) is 8.72. The SMILES string of the molecule is Cc1ccc(-c2nnc([C@H](C)OC(=O)COc3ccc(C)cc3C)o2)cc1. The molecular weight excluding hydrogens is 344 g/mol. The van der Waals surface area contributed by atoms with Gasteiger partial charge in [0.15, 0.2) is 12.7 Å². The van der Waals surface area contributed by atoms with Crippen LogP contribution in [0.15, 0.2) is 46.9 Å². The van der Waals surface area contributed by atoms with Gasteiger partial charge in [-0.25, -0.2) is 4.79 Å². The van der Waals surface area contributed by atoms with E-state index in [2.05, 4.69) is 10.2 Å². The lowest BCUT2D eigenvalue weighted by Gasteiger charge is -2.12. The van der Waals surface area contributed by atoms with Gasteiger partial charge in [-0.3, -0.25) is 0 Å². The molecule has 0 saturated carbocycles. The average Bonchev–Trinajstić information content (AvgIpc) is 3.12. The summed E-state index contributed by atoms with van der Waals surface area (Å²) in [5.74, 6) is 0.784. The van der Waals surface area contributed by atoms with Gasteiger partial charge in [0.1, 0.15) is 5.75 Å². The van der Waals surface area contributed by atoms with Crippen LogP contribution >= 0.6 is 0 Å². The maximum absolute atomic E-state index is 12.1. The van der Waals surface area contributed by atoms with E-state index < -0.39 is 12.1 Å². The lowest BCUT2D eigenvalue weighted by Crippen LogP contribution is -2.17. The van der Waals surface area contributed by atoms with E-state index >= 15 is 0 Å². The molecule has 0 bridgehead atoms. The number of hydrogen-bond acceptors (Lipinski definition) is 6. The van der Waals surface area contributed by atoms with Crippen molar-refractivity contribution in [1.29, 1.82) is 0 Å². The quantitative estimate of drug-likeness (QED) is 0.604. The zero-order valence-electron chi connectivity index (χ0n) is 15.9. The minimum absolute atomic E-state index is 0.187. The molecule has 1 atom stereocenters. The molecule has 0 N–H and O–H groups in total. The summed E-state index contributed by atoms with van der Waals surface area (Å²) in [6.07, 6.45) is -0.660. The average molecular weight is 366 g/mol. The lowest BCUT2D eigenvalue weighted by atomic mass is 10.1. The summed E-state index contributed by atoms with van der Waals surface area (Å²) in [4.78, 5) is 12.1. The third kappa shape index (κ3) is 4.73. The van der Waals surface area contributed by atoms with Gasteiger partial charge in [0.25, 0.3) is 5.89 Å². The maximum atomic E-state index is 12.1. The predicted octanol–water partition coefficient (Wildman–Crippen LogP) is 4.35. The number of ether oxygens (including phenoxy) is 2. The number of aromatic nitrogens is 2. The standard InChI is InChI=1S/C21H22N2O4/c1-13-5-8-17(9-6-13)21-23-22-20(27-21)16(4)26-19(24)12-25-18-10-7-14(2)11-15(18)3/h5-11,16H,12H2,1-4H3/t16-/m0/s1. The molecule has 3 rings (SSSR count). The van der Waals surface area contributed by atoms with Crippen molar-refractivity contribution in [2.45, 2.75) is 33.8 Å². The summed E-state index contributed by atoms with van der Waals surface area (Å²) in [6.45, 7) is 7.43. The van der Waals surface area contributed by atoms with Gasteiger partial charge < -0.3 is 13.9 Å². The highest BCUT2D eigenvalue weighted by molar-refractivity contribution is 5.71. The Kier molecular flexibility index (Phi) is 5.54. The Morgan fingerprint density at radius 1 is 1.04 bits per heavy atom. The molecule has 0 spiro atoms. The van der Waals surface area contributed by atoms with Crippen molar-refractivity contribution in [3.63, 3.8) is 0 Å². The van der Waals surface area contributed by atoms with Crippen LogP contribution in [0.4, 0.5) is 0 Å². The molecule has 0 amide bonds. The first-order valence-electron chi connectivity index (χ1n) is 8.72. The van der Waals surface area contributed by atoms with Gasteiger partial charge in [-0.2, -0.15) is 0 Å². The summed E-state index contributed by atoms with van der Waals surface area (Å²) < 4.78 is 16.5. The Morgan fingerprint density at radius 3 is 2.44 bits per heavy atom. The van der Waals surface area contributed by atoms with E-state index in [0.29, 0.717) is 11.6 Å². The van der Waals surface area contributed by atoms with Crippen molar-refractivity contribution in [3.8, 4) is 17.2 Å². The van der Waals surface area contributed by atoms with Gasteiger partial charge in [0.05, 0.1) is 0 Å². The molecule has 1 aromatic heterocycles. The summed E-state index contributed by atoms with van der Waals surface area (Å²) in [6, 6.07) is 13.5. The molecule has 0 unspecified atom stereocenters. The van der Waals surface area contributed by atoms with Crippen LogP contribution in [0, 0.1) is 20.8 Å². The van der Waals surface area contributed by atoms with Gasteiger partial charge >= 0.3 is 5.97 Å². The minimum Gasteiger partial charge on any atom is -0.482 e. The van der Waals surface area contributed by atoms with Crippen molar-refractivity contribution < 1.29 is 18.7 Å². The van der Waals surface area contributed by atoms with Gasteiger partial charge in [-0.1, -0.05) is 35.4 Å². The molecule has 0 saturated heterocycles. The van der Waals surface area contributed by atoms with E-state index in [0.717, 1.165) is 22.3 Å². The number of nitrogens with zero attached hydrogens (tertiary/aromatic N) is 2. The number of benzene rings is 2. The van der Waals surface area contributed by atoms with Gasteiger partial charge in [0.2, 0.25) is 5.89 Å². The van der Waals surface area contributed by atoms with Crippen molar-refractivity contribution in [3.05, 3.63) is 65.0 Å². The zero-order valence-corrected chi connectivity index (χ0v) is 15.9. The molecule has 6 nitrogen and oxygen atoms in total. The van der Waals surface area contributed by atoms with Gasteiger partial charge in [0, 0.05) is 5.56 Å². The Morgan fingerprint density at radius 2 is 1.74 bits per heavy atom. The second-order valence-corrected chi connectivity index (χ2v) is 6.50. The molecule has 0 radical (unpaired) electrons. The van der Waals surface area contributed by atoms with E-state index in [-0.39, 0.29) is 12.5 Å². The molecule has 140 valence electrons. The Labute approximate surface area is 158 Å². The van der Waals surface area contributed by atoms with Gasteiger partial charge in [-0.15, -0.1) is 10.2 Å². The van der Waals surface area contributed by atoms with Crippen molar-refractivity contribution in [1.82, 2.24) is 10.2 Å². The zero-order chi connectivity index (χ0) is 19.4. The smallest absolute Gasteiger partial charge is 0.344 e. The summed E-state index contributed by atoms with van der Waals surface area (Å²) in [5.41, 5.74) is 4.06.